The van der Waals surface area contributed by atoms with Crippen molar-refractivity contribution >= 4 is 16.6 Å². The van der Waals surface area contributed by atoms with Crippen LogP contribution in [-0.4, -0.2) is 27.5 Å². The summed E-state index contributed by atoms with van der Waals surface area (Å²) in [5.41, 5.74) is 4.55. The highest BCUT2D eigenvalue weighted by Gasteiger charge is 2.16. The monoisotopic (exact) mass is 228 g/mol. The van der Waals surface area contributed by atoms with Gasteiger partial charge in [0, 0.05) is 24.2 Å². The maximum atomic E-state index is 4.47. The minimum Gasteiger partial charge on any atom is -0.346 e. The first-order chi connectivity index (χ1) is 8.25. The van der Waals surface area contributed by atoms with Gasteiger partial charge in [-0.1, -0.05) is 6.08 Å². The van der Waals surface area contributed by atoms with Gasteiger partial charge in [0.2, 0.25) is 0 Å². The lowest BCUT2D eigenvalue weighted by atomic mass is 9.98. The van der Waals surface area contributed by atoms with E-state index >= 15 is 0 Å². The van der Waals surface area contributed by atoms with Gasteiger partial charge in [0.05, 0.1) is 5.69 Å². The first kappa shape index (κ1) is 10.5. The van der Waals surface area contributed by atoms with Crippen molar-refractivity contribution in [1.82, 2.24) is 20.3 Å². The van der Waals surface area contributed by atoms with Gasteiger partial charge in [-0.05, 0) is 31.4 Å². The summed E-state index contributed by atoms with van der Waals surface area (Å²) in [6, 6.07) is 0.513. The molecular formula is C13H16N4. The van der Waals surface area contributed by atoms with E-state index < -0.39 is 0 Å². The van der Waals surface area contributed by atoms with E-state index in [-0.39, 0.29) is 0 Å². The van der Waals surface area contributed by atoms with Crippen LogP contribution in [0.15, 0.2) is 18.6 Å². The van der Waals surface area contributed by atoms with E-state index in [2.05, 4.69) is 40.2 Å². The zero-order valence-corrected chi connectivity index (χ0v) is 10.1. The molecule has 4 nitrogen and oxygen atoms in total. The maximum absolute atomic E-state index is 4.47. The number of aromatic amines is 1. The molecule has 1 atom stereocenters. The van der Waals surface area contributed by atoms with Crippen LogP contribution in [0.3, 0.4) is 0 Å². The molecule has 2 N–H and O–H groups in total. The van der Waals surface area contributed by atoms with E-state index in [1.807, 2.05) is 6.20 Å². The molecule has 0 fully saturated rings. The Morgan fingerprint density at radius 2 is 2.24 bits per heavy atom. The molecule has 1 unspecified atom stereocenters. The van der Waals surface area contributed by atoms with Crippen LogP contribution in [0.25, 0.3) is 16.6 Å². The number of hydrogen-bond acceptors (Lipinski definition) is 3. The molecule has 3 rings (SSSR count). The molecule has 0 saturated carbocycles. The van der Waals surface area contributed by atoms with Crippen molar-refractivity contribution in [2.45, 2.75) is 26.3 Å². The minimum absolute atomic E-state index is 0.513. The molecule has 17 heavy (non-hydrogen) atoms. The van der Waals surface area contributed by atoms with Gasteiger partial charge >= 0.3 is 0 Å². The molecule has 0 saturated heterocycles. The Balaban J connectivity index is 2.17. The molecule has 0 amide bonds. The van der Waals surface area contributed by atoms with Gasteiger partial charge in [0.15, 0.2) is 0 Å². The van der Waals surface area contributed by atoms with Crippen LogP contribution in [0.4, 0.5) is 0 Å². The quantitative estimate of drug-likeness (QED) is 0.785. The summed E-state index contributed by atoms with van der Waals surface area (Å²) in [5, 5.41) is 4.57. The molecule has 0 spiro atoms. The van der Waals surface area contributed by atoms with Crippen molar-refractivity contribution in [3.8, 4) is 0 Å². The van der Waals surface area contributed by atoms with Crippen molar-refractivity contribution < 1.29 is 0 Å². The Morgan fingerprint density at radius 3 is 3.06 bits per heavy atom. The average Bonchev–Trinajstić information content (AvgIpc) is 2.71. The Labute approximate surface area is 100 Å². The number of H-pyrrole nitrogens is 1. The molecule has 0 aliphatic carbocycles. The van der Waals surface area contributed by atoms with Gasteiger partial charge in [0.25, 0.3) is 0 Å². The predicted octanol–water partition coefficient (Wildman–Crippen LogP) is 2.03. The Kier molecular flexibility index (Phi) is 2.44. The van der Waals surface area contributed by atoms with E-state index in [9.17, 15) is 0 Å². The summed E-state index contributed by atoms with van der Waals surface area (Å²) >= 11 is 0. The van der Waals surface area contributed by atoms with Crippen LogP contribution in [0.2, 0.25) is 0 Å². The van der Waals surface area contributed by atoms with Crippen LogP contribution < -0.4 is 5.32 Å². The molecule has 0 aromatic carbocycles. The summed E-state index contributed by atoms with van der Waals surface area (Å²) in [6.07, 6.45) is 6.89. The number of hydrogen-bond donors (Lipinski definition) is 2. The van der Waals surface area contributed by atoms with Crippen LogP contribution in [0, 0.1) is 6.92 Å². The highest BCUT2D eigenvalue weighted by molar-refractivity contribution is 5.90. The molecular weight excluding hydrogens is 212 g/mol. The van der Waals surface area contributed by atoms with Gasteiger partial charge in [0.1, 0.15) is 12.0 Å². The number of fused-ring (bicyclic) bond motifs is 1. The molecule has 88 valence electrons. The second-order valence-corrected chi connectivity index (χ2v) is 4.66. The lowest BCUT2D eigenvalue weighted by Gasteiger charge is -2.20. The minimum atomic E-state index is 0.513. The molecule has 1 aliphatic heterocycles. The SMILES string of the molecule is Cc1c[nH]c2ncnc(C3=CCNC(C)C3)c12. The van der Waals surface area contributed by atoms with Crippen LogP contribution in [-0.2, 0) is 0 Å². The van der Waals surface area contributed by atoms with Crippen molar-refractivity contribution in [2.75, 3.05) is 6.54 Å². The van der Waals surface area contributed by atoms with E-state index in [0.29, 0.717) is 6.04 Å². The zero-order valence-electron chi connectivity index (χ0n) is 10.1. The fourth-order valence-corrected chi connectivity index (χ4v) is 2.42. The van der Waals surface area contributed by atoms with Crippen molar-refractivity contribution in [3.05, 3.63) is 29.9 Å². The Bertz CT molecular complexity index is 582. The summed E-state index contributed by atoms with van der Waals surface area (Å²) in [6.45, 7) is 5.22. The standard InChI is InChI=1S/C13H16N4/c1-8-6-15-13-11(8)12(16-7-17-13)10-3-4-14-9(2)5-10/h3,6-7,9,14H,4-5H2,1-2H3,(H,15,16,17). The van der Waals surface area contributed by atoms with Crippen LogP contribution in [0.5, 0.6) is 0 Å². The first-order valence-corrected chi connectivity index (χ1v) is 5.97. The highest BCUT2D eigenvalue weighted by Crippen LogP contribution is 2.28. The number of nitrogens with one attached hydrogen (secondary N) is 2. The largest absolute Gasteiger partial charge is 0.346 e. The number of aromatic nitrogens is 3. The van der Waals surface area contributed by atoms with Crippen molar-refractivity contribution in [3.63, 3.8) is 0 Å². The van der Waals surface area contributed by atoms with Gasteiger partial charge in [-0.2, -0.15) is 0 Å². The number of rotatable bonds is 1. The van der Waals surface area contributed by atoms with Gasteiger partial charge in [-0.3, -0.25) is 0 Å². The normalized spacial score (nSPS) is 20.6. The van der Waals surface area contributed by atoms with E-state index in [1.54, 1.807) is 6.33 Å². The molecule has 1 aliphatic rings. The fraction of sp³-hybridized carbons (Fsp3) is 0.385. The second kappa shape index (κ2) is 3.96. The lowest BCUT2D eigenvalue weighted by molar-refractivity contribution is 0.578. The zero-order chi connectivity index (χ0) is 11.8. The van der Waals surface area contributed by atoms with Crippen LogP contribution in [0.1, 0.15) is 24.6 Å². The molecule has 4 heteroatoms. The topological polar surface area (TPSA) is 53.6 Å². The lowest BCUT2D eigenvalue weighted by Crippen LogP contribution is -2.30. The van der Waals surface area contributed by atoms with Gasteiger partial charge in [-0.25, -0.2) is 9.97 Å². The van der Waals surface area contributed by atoms with E-state index in [4.69, 9.17) is 0 Å². The highest BCUT2D eigenvalue weighted by atomic mass is 14.9. The summed E-state index contributed by atoms with van der Waals surface area (Å²) < 4.78 is 0. The Morgan fingerprint density at radius 1 is 1.35 bits per heavy atom. The molecule has 3 heterocycles. The predicted molar refractivity (Wildman–Crippen MR) is 68.7 cm³/mol. The number of nitrogens with zero attached hydrogens (tertiary/aromatic N) is 2. The molecule has 2 aromatic rings. The average molecular weight is 228 g/mol. The fourth-order valence-electron chi connectivity index (χ4n) is 2.42. The summed E-state index contributed by atoms with van der Waals surface area (Å²) in [5.74, 6) is 0. The van der Waals surface area contributed by atoms with Crippen LogP contribution >= 0.6 is 0 Å². The van der Waals surface area contributed by atoms with Crippen molar-refractivity contribution in [1.29, 1.82) is 0 Å². The third kappa shape index (κ3) is 1.74. The number of aryl methyl sites for hydroxylation is 1. The van der Waals surface area contributed by atoms with Gasteiger partial charge in [-0.15, -0.1) is 0 Å². The van der Waals surface area contributed by atoms with Crippen molar-refractivity contribution in [2.24, 2.45) is 0 Å². The summed E-state index contributed by atoms with van der Waals surface area (Å²) in [7, 11) is 0. The maximum Gasteiger partial charge on any atom is 0.141 e. The van der Waals surface area contributed by atoms with E-state index in [0.717, 1.165) is 29.7 Å². The molecule has 0 bridgehead atoms. The van der Waals surface area contributed by atoms with E-state index in [1.165, 1.54) is 11.1 Å². The third-order valence-corrected chi connectivity index (χ3v) is 3.31. The molecule has 0 radical (unpaired) electrons. The smallest absolute Gasteiger partial charge is 0.141 e. The van der Waals surface area contributed by atoms with Gasteiger partial charge < -0.3 is 10.3 Å². The first-order valence-electron chi connectivity index (χ1n) is 5.97. The second-order valence-electron chi connectivity index (χ2n) is 4.66. The summed E-state index contributed by atoms with van der Waals surface area (Å²) in [4.78, 5) is 11.9. The molecule has 2 aromatic heterocycles. The Hall–Kier alpha value is -1.68. The third-order valence-electron chi connectivity index (χ3n) is 3.31.